The van der Waals surface area contributed by atoms with E-state index in [0.29, 0.717) is 24.1 Å². The van der Waals surface area contributed by atoms with Crippen molar-refractivity contribution in [3.8, 4) is 5.75 Å². The van der Waals surface area contributed by atoms with Gasteiger partial charge in [0.2, 0.25) is 5.89 Å². The van der Waals surface area contributed by atoms with Crippen molar-refractivity contribution in [1.29, 1.82) is 0 Å². The number of aryl methyl sites for hydroxylation is 1. The number of rotatable bonds is 5. The van der Waals surface area contributed by atoms with Crippen molar-refractivity contribution in [2.45, 2.75) is 20.1 Å². The first kappa shape index (κ1) is 12.5. The monoisotopic (exact) mass is 251 g/mol. The van der Waals surface area contributed by atoms with Crippen LogP contribution in [0.25, 0.3) is 0 Å². The summed E-state index contributed by atoms with van der Waals surface area (Å²) in [6, 6.07) is 4.55. The Morgan fingerprint density at radius 2 is 2.17 bits per heavy atom. The predicted molar refractivity (Wildman–Crippen MR) is 62.5 cm³/mol. The van der Waals surface area contributed by atoms with E-state index in [1.54, 1.807) is 20.0 Å². The Bertz CT molecular complexity index is 528. The normalized spacial score (nSPS) is 10.6. The van der Waals surface area contributed by atoms with Crippen LogP contribution in [0.4, 0.5) is 4.39 Å². The molecule has 0 aliphatic heterocycles. The highest BCUT2D eigenvalue weighted by Gasteiger charge is 2.05. The molecule has 0 aliphatic carbocycles. The van der Waals surface area contributed by atoms with Crippen molar-refractivity contribution >= 4 is 0 Å². The quantitative estimate of drug-likeness (QED) is 0.878. The second-order valence-corrected chi connectivity index (χ2v) is 3.83. The predicted octanol–water partition coefficient (Wildman–Crippen LogP) is 1.82. The van der Waals surface area contributed by atoms with Gasteiger partial charge in [0.25, 0.3) is 5.89 Å². The summed E-state index contributed by atoms with van der Waals surface area (Å²) >= 11 is 0. The summed E-state index contributed by atoms with van der Waals surface area (Å²) in [6.45, 7) is 2.40. The van der Waals surface area contributed by atoms with Gasteiger partial charge in [0.1, 0.15) is 11.6 Å². The Balaban J connectivity index is 2.04. The van der Waals surface area contributed by atoms with Crippen LogP contribution in [0.3, 0.4) is 0 Å². The van der Waals surface area contributed by atoms with Crippen LogP contribution in [0.2, 0.25) is 0 Å². The first-order chi connectivity index (χ1) is 8.67. The minimum Gasteiger partial charge on any atom is -0.484 e. The van der Waals surface area contributed by atoms with Crippen LogP contribution in [0, 0.1) is 12.7 Å². The zero-order chi connectivity index (χ0) is 13.0. The fraction of sp³-hybridized carbons (Fsp3) is 0.333. The van der Waals surface area contributed by atoms with Crippen LogP contribution in [0.1, 0.15) is 17.3 Å². The molecule has 96 valence electrons. The molecule has 0 saturated carbocycles. The maximum Gasteiger partial charge on any atom is 0.253 e. The lowest BCUT2D eigenvalue weighted by atomic mass is 10.2. The van der Waals surface area contributed by atoms with E-state index in [1.807, 2.05) is 0 Å². The molecule has 0 aliphatic rings. The maximum absolute atomic E-state index is 13.3. The van der Waals surface area contributed by atoms with Gasteiger partial charge in [0.05, 0.1) is 0 Å². The average molecular weight is 251 g/mol. The fourth-order valence-corrected chi connectivity index (χ4v) is 1.55. The highest BCUT2D eigenvalue weighted by molar-refractivity contribution is 5.29. The van der Waals surface area contributed by atoms with Crippen LogP contribution in [-0.2, 0) is 13.2 Å². The molecule has 0 radical (unpaired) electrons. The van der Waals surface area contributed by atoms with Crippen LogP contribution in [-0.4, -0.2) is 17.2 Å². The van der Waals surface area contributed by atoms with Gasteiger partial charge in [-0.3, -0.25) is 0 Å². The molecule has 0 bridgehead atoms. The molecule has 1 heterocycles. The first-order valence-electron chi connectivity index (χ1n) is 5.53. The lowest BCUT2D eigenvalue weighted by molar-refractivity contribution is 0.259. The van der Waals surface area contributed by atoms with Crippen molar-refractivity contribution in [2.75, 3.05) is 7.05 Å². The average Bonchev–Trinajstić information content (AvgIpc) is 2.72. The molecule has 0 saturated heterocycles. The molecule has 0 atom stereocenters. The Morgan fingerprint density at radius 3 is 2.83 bits per heavy atom. The molecule has 18 heavy (non-hydrogen) atoms. The number of hydrogen-bond acceptors (Lipinski definition) is 5. The summed E-state index contributed by atoms with van der Waals surface area (Å²) in [4.78, 5) is 0. The zero-order valence-electron chi connectivity index (χ0n) is 10.2. The topological polar surface area (TPSA) is 60.2 Å². The minimum absolute atomic E-state index is 0.128. The summed E-state index contributed by atoms with van der Waals surface area (Å²) in [7, 11) is 1.80. The minimum atomic E-state index is -0.334. The molecule has 5 nitrogen and oxygen atoms in total. The van der Waals surface area contributed by atoms with E-state index in [0.717, 1.165) is 5.56 Å². The van der Waals surface area contributed by atoms with Gasteiger partial charge in [-0.15, -0.1) is 10.2 Å². The molecule has 0 amide bonds. The summed E-state index contributed by atoms with van der Waals surface area (Å²) < 4.78 is 23.9. The van der Waals surface area contributed by atoms with Gasteiger partial charge in [0.15, 0.2) is 6.61 Å². The molecule has 2 rings (SSSR count). The Hall–Kier alpha value is -1.95. The molecule has 1 aromatic carbocycles. The second kappa shape index (κ2) is 5.59. The van der Waals surface area contributed by atoms with Crippen LogP contribution < -0.4 is 10.1 Å². The smallest absolute Gasteiger partial charge is 0.253 e. The van der Waals surface area contributed by atoms with Crippen molar-refractivity contribution in [3.63, 3.8) is 0 Å². The van der Waals surface area contributed by atoms with Gasteiger partial charge in [-0.05, 0) is 24.7 Å². The lowest BCUT2D eigenvalue weighted by Crippen LogP contribution is -2.06. The molecule has 0 fully saturated rings. The number of nitrogens with zero attached hydrogens (tertiary/aromatic N) is 2. The molecular formula is C12H14FN3O2. The lowest BCUT2D eigenvalue weighted by Gasteiger charge is -2.06. The van der Waals surface area contributed by atoms with Crippen molar-refractivity contribution < 1.29 is 13.5 Å². The van der Waals surface area contributed by atoms with Crippen molar-refractivity contribution in [3.05, 3.63) is 41.4 Å². The van der Waals surface area contributed by atoms with Gasteiger partial charge < -0.3 is 14.5 Å². The Morgan fingerprint density at radius 1 is 1.33 bits per heavy atom. The highest BCUT2D eigenvalue weighted by atomic mass is 19.1. The van der Waals surface area contributed by atoms with Gasteiger partial charge in [0, 0.05) is 19.5 Å². The van der Waals surface area contributed by atoms with Gasteiger partial charge in [-0.2, -0.15) is 0 Å². The third kappa shape index (κ3) is 3.27. The van der Waals surface area contributed by atoms with E-state index in [1.165, 1.54) is 12.1 Å². The number of nitrogens with one attached hydrogen (secondary N) is 1. The molecule has 0 spiro atoms. The Labute approximate surface area is 104 Å². The van der Waals surface area contributed by atoms with Gasteiger partial charge in [-0.25, -0.2) is 4.39 Å². The molecule has 6 heteroatoms. The van der Waals surface area contributed by atoms with E-state index in [-0.39, 0.29) is 12.4 Å². The molecule has 2 aromatic rings. The molecular weight excluding hydrogens is 237 g/mol. The van der Waals surface area contributed by atoms with Gasteiger partial charge >= 0.3 is 0 Å². The number of ether oxygens (including phenoxy) is 1. The van der Waals surface area contributed by atoms with Crippen LogP contribution in [0.15, 0.2) is 22.6 Å². The highest BCUT2D eigenvalue weighted by Crippen LogP contribution is 2.17. The third-order valence-electron chi connectivity index (χ3n) is 2.24. The Kier molecular flexibility index (Phi) is 3.88. The molecule has 1 aromatic heterocycles. The van der Waals surface area contributed by atoms with E-state index in [2.05, 4.69) is 15.5 Å². The summed E-state index contributed by atoms with van der Waals surface area (Å²) in [5.41, 5.74) is 0.814. The first-order valence-corrected chi connectivity index (χ1v) is 5.53. The maximum atomic E-state index is 13.3. The van der Waals surface area contributed by atoms with Crippen LogP contribution >= 0.6 is 0 Å². The van der Waals surface area contributed by atoms with Crippen molar-refractivity contribution in [1.82, 2.24) is 15.5 Å². The van der Waals surface area contributed by atoms with Crippen LogP contribution in [0.5, 0.6) is 5.75 Å². The number of hydrogen-bond donors (Lipinski definition) is 1. The molecule has 1 N–H and O–H groups in total. The van der Waals surface area contributed by atoms with E-state index in [9.17, 15) is 4.39 Å². The van der Waals surface area contributed by atoms with E-state index in [4.69, 9.17) is 9.15 Å². The van der Waals surface area contributed by atoms with E-state index < -0.39 is 0 Å². The number of benzene rings is 1. The largest absolute Gasteiger partial charge is 0.484 e. The second-order valence-electron chi connectivity index (χ2n) is 3.83. The number of halogens is 1. The summed E-state index contributed by atoms with van der Waals surface area (Å²) in [5.74, 6) is 0.950. The number of aromatic nitrogens is 2. The summed E-state index contributed by atoms with van der Waals surface area (Å²) in [5, 5.41) is 10.4. The summed E-state index contributed by atoms with van der Waals surface area (Å²) in [6.07, 6.45) is 0. The zero-order valence-corrected chi connectivity index (χ0v) is 10.2. The van der Waals surface area contributed by atoms with E-state index >= 15 is 0 Å². The fourth-order valence-electron chi connectivity index (χ4n) is 1.55. The van der Waals surface area contributed by atoms with Gasteiger partial charge in [-0.1, -0.05) is 0 Å². The SMILES string of the molecule is CNCc1cc(F)cc(OCc2nnc(C)o2)c1. The third-order valence-corrected chi connectivity index (χ3v) is 2.24. The van der Waals surface area contributed by atoms with Crippen molar-refractivity contribution in [2.24, 2.45) is 0 Å². The standard InChI is InChI=1S/C12H14FN3O2/c1-8-15-16-12(18-8)7-17-11-4-9(6-14-2)3-10(13)5-11/h3-5,14H,6-7H2,1-2H3. The molecule has 0 unspecified atom stereocenters.